The number of anilines is 2. The quantitative estimate of drug-likeness (QED) is 0.883. The lowest BCUT2D eigenvalue weighted by atomic mass is 10.0. The average Bonchev–Trinajstić information content (AvgIpc) is 2.62. The maximum atomic E-state index is 11.9. The van der Waals surface area contributed by atoms with E-state index in [-0.39, 0.29) is 5.75 Å². The van der Waals surface area contributed by atoms with Crippen LogP contribution >= 0.6 is 0 Å². The van der Waals surface area contributed by atoms with Crippen molar-refractivity contribution in [2.75, 3.05) is 29.1 Å². The smallest absolute Gasteiger partial charge is 0.178 e. The van der Waals surface area contributed by atoms with Gasteiger partial charge in [-0.05, 0) is 44.0 Å². The highest BCUT2D eigenvalue weighted by Gasteiger charge is 2.20. The zero-order valence-corrected chi connectivity index (χ0v) is 15.5. The van der Waals surface area contributed by atoms with Crippen molar-refractivity contribution >= 4 is 21.3 Å². The second-order valence-electron chi connectivity index (χ2n) is 6.35. The number of sulfone groups is 1. The van der Waals surface area contributed by atoms with Crippen LogP contribution in [-0.2, 0) is 9.84 Å². The van der Waals surface area contributed by atoms with E-state index in [4.69, 9.17) is 0 Å². The van der Waals surface area contributed by atoms with Crippen LogP contribution in [0.15, 0.2) is 41.6 Å². The molecule has 2 aromatic rings. The molecule has 0 spiro atoms. The predicted molar refractivity (Wildman–Crippen MR) is 99.8 cm³/mol. The number of hydrogen-bond acceptors (Lipinski definition) is 6. The van der Waals surface area contributed by atoms with Crippen molar-refractivity contribution < 1.29 is 8.42 Å². The summed E-state index contributed by atoms with van der Waals surface area (Å²) in [4.78, 5) is 11.1. The highest BCUT2D eigenvalue weighted by molar-refractivity contribution is 7.91. The number of aryl methyl sites for hydroxylation is 1. The first-order valence-electron chi connectivity index (χ1n) is 8.61. The van der Waals surface area contributed by atoms with Gasteiger partial charge in [0.15, 0.2) is 9.84 Å². The second kappa shape index (κ2) is 7.39. The standard InChI is InChI=1S/C18H24N4O2S/c1-3-25(23,24)17-6-4-16(5-7-17)22-10-8-15(9-11-22)21-18-12-14(2)19-13-20-18/h4-7,12-13,15H,3,8-11H2,1-2H3,(H,19,20,21). The molecule has 0 unspecified atom stereocenters. The number of hydrogen-bond donors (Lipinski definition) is 1. The molecule has 0 aliphatic carbocycles. The molecular formula is C18H24N4O2S. The molecule has 1 fully saturated rings. The Kier molecular flexibility index (Phi) is 5.22. The normalized spacial score (nSPS) is 16.0. The van der Waals surface area contributed by atoms with Gasteiger partial charge in [0.2, 0.25) is 0 Å². The van der Waals surface area contributed by atoms with Crippen LogP contribution < -0.4 is 10.2 Å². The van der Waals surface area contributed by atoms with Crippen molar-refractivity contribution in [1.82, 2.24) is 9.97 Å². The van der Waals surface area contributed by atoms with Crippen molar-refractivity contribution in [3.63, 3.8) is 0 Å². The highest BCUT2D eigenvalue weighted by Crippen LogP contribution is 2.23. The molecule has 0 saturated carbocycles. The Morgan fingerprint density at radius 2 is 1.84 bits per heavy atom. The van der Waals surface area contributed by atoms with E-state index in [0.29, 0.717) is 10.9 Å². The second-order valence-corrected chi connectivity index (χ2v) is 8.63. The van der Waals surface area contributed by atoms with Gasteiger partial charge in [-0.3, -0.25) is 0 Å². The molecule has 0 atom stereocenters. The molecule has 1 aliphatic rings. The molecule has 1 saturated heterocycles. The molecule has 0 amide bonds. The van der Waals surface area contributed by atoms with Gasteiger partial charge in [0, 0.05) is 36.6 Å². The predicted octanol–water partition coefficient (Wildman–Crippen LogP) is 2.66. The van der Waals surface area contributed by atoms with Crippen molar-refractivity contribution in [3.05, 3.63) is 42.4 Å². The maximum absolute atomic E-state index is 11.9. The molecule has 2 heterocycles. The van der Waals surface area contributed by atoms with Gasteiger partial charge < -0.3 is 10.2 Å². The van der Waals surface area contributed by atoms with Crippen LogP contribution in [0.5, 0.6) is 0 Å². The Bertz CT molecular complexity index is 813. The summed E-state index contributed by atoms with van der Waals surface area (Å²) in [5.41, 5.74) is 2.03. The maximum Gasteiger partial charge on any atom is 0.178 e. The molecule has 3 rings (SSSR count). The van der Waals surface area contributed by atoms with Crippen LogP contribution in [0.25, 0.3) is 0 Å². The molecular weight excluding hydrogens is 336 g/mol. The molecule has 0 bridgehead atoms. The molecule has 134 valence electrons. The van der Waals surface area contributed by atoms with E-state index >= 15 is 0 Å². The van der Waals surface area contributed by atoms with Crippen LogP contribution in [0.4, 0.5) is 11.5 Å². The molecule has 25 heavy (non-hydrogen) atoms. The largest absolute Gasteiger partial charge is 0.371 e. The van der Waals surface area contributed by atoms with E-state index in [9.17, 15) is 8.42 Å². The van der Waals surface area contributed by atoms with E-state index in [1.807, 2.05) is 25.1 Å². The molecule has 0 radical (unpaired) electrons. The summed E-state index contributed by atoms with van der Waals surface area (Å²) in [6.45, 7) is 5.49. The minimum Gasteiger partial charge on any atom is -0.371 e. The zero-order valence-electron chi connectivity index (χ0n) is 14.6. The van der Waals surface area contributed by atoms with Gasteiger partial charge in [0.1, 0.15) is 12.1 Å². The van der Waals surface area contributed by atoms with Crippen molar-refractivity contribution in [1.29, 1.82) is 0 Å². The number of nitrogens with zero attached hydrogens (tertiary/aromatic N) is 3. The number of nitrogens with one attached hydrogen (secondary N) is 1. The summed E-state index contributed by atoms with van der Waals surface area (Å²) in [6, 6.07) is 9.59. The van der Waals surface area contributed by atoms with E-state index in [1.54, 1.807) is 25.4 Å². The van der Waals surface area contributed by atoms with Gasteiger partial charge in [-0.2, -0.15) is 0 Å². The van der Waals surface area contributed by atoms with E-state index in [2.05, 4.69) is 20.2 Å². The van der Waals surface area contributed by atoms with Crippen molar-refractivity contribution in [3.8, 4) is 0 Å². The van der Waals surface area contributed by atoms with E-state index in [1.165, 1.54) is 0 Å². The van der Waals surface area contributed by atoms with Crippen LogP contribution in [0.3, 0.4) is 0 Å². The fourth-order valence-electron chi connectivity index (χ4n) is 3.06. The summed E-state index contributed by atoms with van der Waals surface area (Å²) in [7, 11) is -3.13. The molecule has 1 aliphatic heterocycles. The van der Waals surface area contributed by atoms with Crippen molar-refractivity contribution in [2.45, 2.75) is 37.6 Å². The summed E-state index contributed by atoms with van der Waals surface area (Å²) in [6.07, 6.45) is 3.61. The SMILES string of the molecule is CCS(=O)(=O)c1ccc(N2CCC(Nc3cc(C)ncn3)CC2)cc1. The topological polar surface area (TPSA) is 75.2 Å². The minimum atomic E-state index is -3.13. The third-order valence-corrected chi connectivity index (χ3v) is 6.34. The highest BCUT2D eigenvalue weighted by atomic mass is 32.2. The lowest BCUT2D eigenvalue weighted by Gasteiger charge is -2.34. The molecule has 1 N–H and O–H groups in total. The number of piperidine rings is 1. The Hall–Kier alpha value is -2.15. The van der Waals surface area contributed by atoms with Crippen molar-refractivity contribution in [2.24, 2.45) is 0 Å². The average molecular weight is 360 g/mol. The summed E-state index contributed by atoms with van der Waals surface area (Å²) >= 11 is 0. The Morgan fingerprint density at radius 3 is 2.44 bits per heavy atom. The first-order valence-corrected chi connectivity index (χ1v) is 10.3. The third-order valence-electron chi connectivity index (χ3n) is 4.59. The first kappa shape index (κ1) is 17.7. The number of aromatic nitrogens is 2. The Morgan fingerprint density at radius 1 is 1.16 bits per heavy atom. The molecule has 1 aromatic carbocycles. The van der Waals surface area contributed by atoms with Crippen LogP contribution in [0.1, 0.15) is 25.5 Å². The lowest BCUT2D eigenvalue weighted by Crippen LogP contribution is -2.39. The molecule has 7 heteroatoms. The zero-order chi connectivity index (χ0) is 17.9. The van der Waals surface area contributed by atoms with Crippen LogP contribution in [-0.4, -0.2) is 43.3 Å². The number of rotatable bonds is 5. The van der Waals surface area contributed by atoms with E-state index in [0.717, 1.165) is 43.1 Å². The molecule has 1 aromatic heterocycles. The van der Waals surface area contributed by atoms with E-state index < -0.39 is 9.84 Å². The van der Waals surface area contributed by atoms with Gasteiger partial charge in [-0.25, -0.2) is 18.4 Å². The fourth-order valence-corrected chi connectivity index (χ4v) is 3.94. The van der Waals surface area contributed by atoms with Gasteiger partial charge in [-0.15, -0.1) is 0 Å². The minimum absolute atomic E-state index is 0.131. The lowest BCUT2D eigenvalue weighted by molar-refractivity contribution is 0.525. The Labute approximate surface area is 149 Å². The van der Waals surface area contributed by atoms with Gasteiger partial charge in [0.25, 0.3) is 0 Å². The monoisotopic (exact) mass is 360 g/mol. The van der Waals surface area contributed by atoms with Gasteiger partial charge in [0.05, 0.1) is 10.6 Å². The van der Waals surface area contributed by atoms with Crippen LogP contribution in [0, 0.1) is 6.92 Å². The fraction of sp³-hybridized carbons (Fsp3) is 0.444. The van der Waals surface area contributed by atoms with Crippen LogP contribution in [0.2, 0.25) is 0 Å². The first-order chi connectivity index (χ1) is 12.0. The van der Waals surface area contributed by atoms with Gasteiger partial charge in [-0.1, -0.05) is 6.92 Å². The summed E-state index contributed by atoms with van der Waals surface area (Å²) in [5, 5.41) is 3.47. The summed E-state index contributed by atoms with van der Waals surface area (Å²) < 4.78 is 23.8. The number of benzene rings is 1. The van der Waals surface area contributed by atoms with Gasteiger partial charge >= 0.3 is 0 Å². The Balaban J connectivity index is 1.59. The third kappa shape index (κ3) is 4.28. The summed E-state index contributed by atoms with van der Waals surface area (Å²) in [5.74, 6) is 1.01. The molecule has 6 nitrogen and oxygen atoms in total.